The van der Waals surface area contributed by atoms with Crippen molar-refractivity contribution in [3.05, 3.63) is 53.3 Å². The number of esters is 1. The number of fused-ring (bicyclic) bond motifs is 1. The minimum atomic E-state index is -0.457. The SMILES string of the molecule is COC(=O)c1ccc(C(=O)NCc2nnc3ccc(OC)nn23)cc1. The fourth-order valence-electron chi connectivity index (χ4n) is 2.17. The number of carbonyl (C=O) groups excluding carboxylic acids is 2. The van der Waals surface area contributed by atoms with Crippen molar-refractivity contribution in [3.63, 3.8) is 0 Å². The molecule has 2 heterocycles. The van der Waals surface area contributed by atoms with Crippen LogP contribution in [0.15, 0.2) is 36.4 Å². The number of carbonyl (C=O) groups is 2. The van der Waals surface area contributed by atoms with Gasteiger partial charge in [-0.2, -0.15) is 4.52 Å². The molecule has 0 unspecified atom stereocenters. The third kappa shape index (κ3) is 3.39. The van der Waals surface area contributed by atoms with E-state index in [1.807, 2.05) is 0 Å². The molecule has 0 aliphatic carbocycles. The smallest absolute Gasteiger partial charge is 0.337 e. The Kier molecular flexibility index (Phi) is 4.55. The van der Waals surface area contributed by atoms with Crippen molar-refractivity contribution >= 4 is 17.5 Å². The first kappa shape index (κ1) is 16.4. The molecule has 9 nitrogen and oxygen atoms in total. The first-order valence-corrected chi connectivity index (χ1v) is 7.34. The van der Waals surface area contributed by atoms with E-state index >= 15 is 0 Å². The molecule has 0 aliphatic heterocycles. The topological polar surface area (TPSA) is 108 Å². The molecule has 0 fully saturated rings. The Labute approximate surface area is 142 Å². The van der Waals surface area contributed by atoms with E-state index in [0.29, 0.717) is 28.5 Å². The van der Waals surface area contributed by atoms with Crippen molar-refractivity contribution < 1.29 is 19.1 Å². The van der Waals surface area contributed by atoms with Crippen molar-refractivity contribution in [1.29, 1.82) is 0 Å². The Bertz CT molecular complexity index is 920. The fraction of sp³-hybridized carbons (Fsp3) is 0.188. The average molecular weight is 341 g/mol. The summed E-state index contributed by atoms with van der Waals surface area (Å²) in [5, 5.41) is 14.9. The van der Waals surface area contributed by atoms with Gasteiger partial charge in [0.1, 0.15) is 0 Å². The van der Waals surface area contributed by atoms with Crippen LogP contribution in [0.2, 0.25) is 0 Å². The Morgan fingerprint density at radius 3 is 2.44 bits per heavy atom. The number of methoxy groups -OCH3 is 2. The average Bonchev–Trinajstić information content (AvgIpc) is 3.07. The van der Waals surface area contributed by atoms with Gasteiger partial charge in [-0.3, -0.25) is 4.79 Å². The van der Waals surface area contributed by atoms with Crippen LogP contribution in [-0.2, 0) is 11.3 Å². The molecule has 0 spiro atoms. The van der Waals surface area contributed by atoms with E-state index in [1.165, 1.54) is 30.9 Å². The molecule has 0 saturated carbocycles. The second-order valence-corrected chi connectivity index (χ2v) is 5.01. The van der Waals surface area contributed by atoms with Gasteiger partial charge in [-0.25, -0.2) is 4.79 Å². The number of rotatable bonds is 5. The third-order valence-electron chi connectivity index (χ3n) is 3.49. The summed E-state index contributed by atoms with van der Waals surface area (Å²) in [5.74, 6) is 0.115. The van der Waals surface area contributed by atoms with E-state index < -0.39 is 5.97 Å². The van der Waals surface area contributed by atoms with Gasteiger partial charge in [-0.05, 0) is 30.3 Å². The molecule has 0 saturated heterocycles. The molecule has 0 bridgehead atoms. The quantitative estimate of drug-likeness (QED) is 0.685. The molecule has 25 heavy (non-hydrogen) atoms. The highest BCUT2D eigenvalue weighted by Crippen LogP contribution is 2.09. The van der Waals surface area contributed by atoms with Crippen LogP contribution in [0.4, 0.5) is 0 Å². The molecule has 1 amide bonds. The van der Waals surface area contributed by atoms with Gasteiger partial charge < -0.3 is 14.8 Å². The summed E-state index contributed by atoms with van der Waals surface area (Å²) < 4.78 is 11.2. The number of aromatic nitrogens is 4. The standard InChI is InChI=1S/C16H15N5O4/c1-24-14-8-7-12-18-19-13(21(12)20-14)9-17-15(22)10-3-5-11(6-4-10)16(23)25-2/h3-8H,9H2,1-2H3,(H,17,22). The van der Waals surface area contributed by atoms with Crippen LogP contribution in [0.3, 0.4) is 0 Å². The van der Waals surface area contributed by atoms with Gasteiger partial charge in [0.2, 0.25) is 5.88 Å². The molecule has 3 rings (SSSR count). The number of nitrogens with one attached hydrogen (secondary N) is 1. The maximum atomic E-state index is 12.2. The molecule has 0 radical (unpaired) electrons. The summed E-state index contributed by atoms with van der Waals surface area (Å²) in [6, 6.07) is 9.54. The zero-order chi connectivity index (χ0) is 17.8. The second kappa shape index (κ2) is 6.95. The summed E-state index contributed by atoms with van der Waals surface area (Å²) in [5.41, 5.74) is 1.33. The lowest BCUT2D eigenvalue weighted by molar-refractivity contribution is 0.0600. The molecule has 1 N–H and O–H groups in total. The van der Waals surface area contributed by atoms with Gasteiger partial charge >= 0.3 is 5.97 Å². The molecule has 0 atom stereocenters. The summed E-state index contributed by atoms with van der Waals surface area (Å²) in [4.78, 5) is 23.6. The van der Waals surface area contributed by atoms with Crippen LogP contribution in [0, 0.1) is 0 Å². The van der Waals surface area contributed by atoms with Crippen molar-refractivity contribution in [1.82, 2.24) is 25.1 Å². The zero-order valence-electron chi connectivity index (χ0n) is 13.6. The lowest BCUT2D eigenvalue weighted by Crippen LogP contribution is -2.24. The van der Waals surface area contributed by atoms with Crippen LogP contribution >= 0.6 is 0 Å². The number of hydrogen-bond donors (Lipinski definition) is 1. The predicted octanol–water partition coefficient (Wildman–Crippen LogP) is 0.849. The largest absolute Gasteiger partial charge is 0.480 e. The summed E-state index contributed by atoms with van der Waals surface area (Å²) >= 11 is 0. The number of amides is 1. The maximum Gasteiger partial charge on any atom is 0.337 e. The first-order valence-electron chi connectivity index (χ1n) is 7.34. The second-order valence-electron chi connectivity index (χ2n) is 5.01. The van der Waals surface area contributed by atoms with Gasteiger partial charge in [-0.1, -0.05) is 0 Å². The maximum absolute atomic E-state index is 12.2. The Morgan fingerprint density at radius 1 is 1.04 bits per heavy atom. The molecule has 128 valence electrons. The van der Waals surface area contributed by atoms with Crippen LogP contribution < -0.4 is 10.1 Å². The molecule has 9 heteroatoms. The lowest BCUT2D eigenvalue weighted by atomic mass is 10.1. The van der Waals surface area contributed by atoms with Gasteiger partial charge in [0, 0.05) is 11.6 Å². The predicted molar refractivity (Wildman–Crippen MR) is 86.3 cm³/mol. The number of nitrogens with zero attached hydrogens (tertiary/aromatic N) is 4. The van der Waals surface area contributed by atoms with E-state index in [9.17, 15) is 9.59 Å². The van der Waals surface area contributed by atoms with Crippen molar-refractivity contribution in [2.75, 3.05) is 14.2 Å². The van der Waals surface area contributed by atoms with Crippen molar-refractivity contribution in [2.45, 2.75) is 6.54 Å². The fourth-order valence-corrected chi connectivity index (χ4v) is 2.17. The lowest BCUT2D eigenvalue weighted by Gasteiger charge is -2.05. The number of benzene rings is 1. The normalized spacial score (nSPS) is 10.5. The summed E-state index contributed by atoms with van der Waals surface area (Å²) in [6.07, 6.45) is 0. The van der Waals surface area contributed by atoms with Gasteiger partial charge in [-0.15, -0.1) is 15.3 Å². The molecule has 2 aromatic heterocycles. The molecule has 3 aromatic rings. The highest BCUT2D eigenvalue weighted by atomic mass is 16.5. The van der Waals surface area contributed by atoms with E-state index in [0.717, 1.165) is 0 Å². The minimum Gasteiger partial charge on any atom is -0.480 e. The van der Waals surface area contributed by atoms with E-state index in [2.05, 4.69) is 25.3 Å². The first-order chi connectivity index (χ1) is 12.1. The van der Waals surface area contributed by atoms with Crippen LogP contribution in [-0.4, -0.2) is 45.9 Å². The van der Waals surface area contributed by atoms with E-state index in [-0.39, 0.29) is 12.5 Å². The van der Waals surface area contributed by atoms with E-state index in [4.69, 9.17) is 4.74 Å². The minimum absolute atomic E-state index is 0.138. The van der Waals surface area contributed by atoms with Gasteiger partial charge in [0.15, 0.2) is 11.5 Å². The van der Waals surface area contributed by atoms with Gasteiger partial charge in [0.05, 0.1) is 26.3 Å². The molecule has 0 aliphatic rings. The summed E-state index contributed by atoms with van der Waals surface area (Å²) in [7, 11) is 2.81. The third-order valence-corrected chi connectivity index (χ3v) is 3.49. The van der Waals surface area contributed by atoms with Crippen molar-refractivity contribution in [3.8, 4) is 5.88 Å². The highest BCUT2D eigenvalue weighted by Gasteiger charge is 2.12. The van der Waals surface area contributed by atoms with Crippen LogP contribution in [0.25, 0.3) is 5.65 Å². The number of ether oxygens (including phenoxy) is 2. The molecule has 1 aromatic carbocycles. The van der Waals surface area contributed by atoms with E-state index in [1.54, 1.807) is 24.3 Å². The van der Waals surface area contributed by atoms with Crippen LogP contribution in [0.5, 0.6) is 5.88 Å². The number of hydrogen-bond acceptors (Lipinski definition) is 7. The highest BCUT2D eigenvalue weighted by molar-refractivity contribution is 5.96. The van der Waals surface area contributed by atoms with Gasteiger partial charge in [0.25, 0.3) is 5.91 Å². The van der Waals surface area contributed by atoms with Crippen molar-refractivity contribution in [2.24, 2.45) is 0 Å². The molecular weight excluding hydrogens is 326 g/mol. The Morgan fingerprint density at radius 2 is 1.76 bits per heavy atom. The Balaban J connectivity index is 1.71. The Hall–Kier alpha value is -3.49. The summed E-state index contributed by atoms with van der Waals surface area (Å²) in [6.45, 7) is 0.138. The monoisotopic (exact) mass is 341 g/mol. The zero-order valence-corrected chi connectivity index (χ0v) is 13.6. The molecular formula is C16H15N5O4. The van der Waals surface area contributed by atoms with Crippen LogP contribution in [0.1, 0.15) is 26.5 Å².